The van der Waals surface area contributed by atoms with Gasteiger partial charge in [-0.2, -0.15) is 0 Å². The van der Waals surface area contributed by atoms with Gasteiger partial charge in [0.2, 0.25) is 0 Å². The maximum absolute atomic E-state index is 12.4. The van der Waals surface area contributed by atoms with Crippen molar-refractivity contribution < 1.29 is 4.79 Å². The quantitative estimate of drug-likeness (QED) is 0.657. The monoisotopic (exact) mass is 339 g/mol. The molecule has 3 aromatic rings. The van der Waals surface area contributed by atoms with Crippen LogP contribution in [0.2, 0.25) is 0 Å². The van der Waals surface area contributed by atoms with Crippen LogP contribution in [0.25, 0.3) is 0 Å². The van der Waals surface area contributed by atoms with Crippen LogP contribution in [-0.4, -0.2) is 22.9 Å². The average molecular weight is 339 g/mol. The highest BCUT2D eigenvalue weighted by atomic mass is 32.1. The highest BCUT2D eigenvalue weighted by molar-refractivity contribution is 7.17. The molecule has 0 fully saturated rings. The van der Waals surface area contributed by atoms with E-state index >= 15 is 0 Å². The zero-order valence-corrected chi connectivity index (χ0v) is 14.1. The van der Waals surface area contributed by atoms with Gasteiger partial charge in [0.1, 0.15) is 10.7 Å². The number of thiazole rings is 1. The first-order valence-corrected chi connectivity index (χ1v) is 8.21. The van der Waals surface area contributed by atoms with Crippen LogP contribution in [-0.2, 0) is 0 Å². The fraction of sp³-hybridized carbons (Fsp3) is 0.118. The van der Waals surface area contributed by atoms with Crippen molar-refractivity contribution in [1.29, 1.82) is 0 Å². The number of rotatable bonds is 5. The lowest BCUT2D eigenvalue weighted by atomic mass is 10.2. The predicted octanol–water partition coefficient (Wildman–Crippen LogP) is 3.88. The number of amides is 1. The molecular weight excluding hydrogens is 322 g/mol. The summed E-state index contributed by atoms with van der Waals surface area (Å²) in [7, 11) is 1.84. The second-order valence-corrected chi connectivity index (χ2v) is 6.13. The molecule has 7 heteroatoms. The van der Waals surface area contributed by atoms with Gasteiger partial charge in [-0.25, -0.2) is 9.97 Å². The van der Waals surface area contributed by atoms with Crippen LogP contribution in [0, 0.1) is 6.92 Å². The molecule has 122 valence electrons. The summed E-state index contributed by atoms with van der Waals surface area (Å²) >= 11 is 1.28. The number of nitrogens with zero attached hydrogens (tertiary/aromatic N) is 2. The van der Waals surface area contributed by atoms with Crippen LogP contribution in [0.1, 0.15) is 15.2 Å². The molecule has 0 spiro atoms. The molecule has 1 aromatic carbocycles. The SMILES string of the molecule is CNc1ccc(C)c(NC(=O)c2cnc(Nc3ccccn3)s2)c1. The van der Waals surface area contributed by atoms with E-state index in [1.807, 2.05) is 50.4 Å². The van der Waals surface area contributed by atoms with Gasteiger partial charge in [0.05, 0.1) is 6.20 Å². The fourth-order valence-corrected chi connectivity index (χ4v) is 2.80. The minimum Gasteiger partial charge on any atom is -0.388 e. The maximum Gasteiger partial charge on any atom is 0.267 e. The zero-order valence-electron chi connectivity index (χ0n) is 13.3. The Hall–Kier alpha value is -2.93. The van der Waals surface area contributed by atoms with Gasteiger partial charge in [0.25, 0.3) is 5.91 Å². The number of hydrogen-bond acceptors (Lipinski definition) is 6. The third-order valence-electron chi connectivity index (χ3n) is 3.40. The molecule has 0 saturated heterocycles. The van der Waals surface area contributed by atoms with E-state index in [4.69, 9.17) is 0 Å². The van der Waals surface area contributed by atoms with Gasteiger partial charge in [-0.15, -0.1) is 0 Å². The van der Waals surface area contributed by atoms with Crippen molar-refractivity contribution in [2.24, 2.45) is 0 Å². The highest BCUT2D eigenvalue weighted by Gasteiger charge is 2.12. The smallest absolute Gasteiger partial charge is 0.267 e. The van der Waals surface area contributed by atoms with Gasteiger partial charge in [0.15, 0.2) is 5.13 Å². The lowest BCUT2D eigenvalue weighted by molar-refractivity contribution is 0.103. The normalized spacial score (nSPS) is 10.2. The van der Waals surface area contributed by atoms with E-state index in [0.29, 0.717) is 15.8 Å². The van der Waals surface area contributed by atoms with Gasteiger partial charge in [-0.3, -0.25) is 4.79 Å². The Bertz CT molecular complexity index is 847. The van der Waals surface area contributed by atoms with Crippen molar-refractivity contribution in [3.8, 4) is 0 Å². The molecule has 6 nitrogen and oxygen atoms in total. The Balaban J connectivity index is 1.72. The Kier molecular flexibility index (Phi) is 4.72. The standard InChI is InChI=1S/C17H17N5OS/c1-11-6-7-12(18-2)9-13(11)21-16(23)14-10-20-17(24-14)22-15-5-3-4-8-19-15/h3-10,18H,1-2H3,(H,21,23)(H,19,20,22). The van der Waals surface area contributed by atoms with Crippen LogP contribution in [0.3, 0.4) is 0 Å². The van der Waals surface area contributed by atoms with Gasteiger partial charge in [-0.1, -0.05) is 23.5 Å². The second-order valence-electron chi connectivity index (χ2n) is 5.10. The molecule has 1 amide bonds. The molecule has 0 aliphatic carbocycles. The molecule has 24 heavy (non-hydrogen) atoms. The average Bonchev–Trinajstić information content (AvgIpc) is 3.06. The van der Waals surface area contributed by atoms with Crippen molar-refractivity contribution in [2.75, 3.05) is 23.0 Å². The number of carbonyl (C=O) groups is 1. The van der Waals surface area contributed by atoms with Crippen molar-refractivity contribution in [1.82, 2.24) is 9.97 Å². The molecular formula is C17H17N5OS. The number of aryl methyl sites for hydroxylation is 1. The largest absolute Gasteiger partial charge is 0.388 e. The van der Waals surface area contributed by atoms with Crippen LogP contribution in [0.4, 0.5) is 22.3 Å². The van der Waals surface area contributed by atoms with E-state index in [2.05, 4.69) is 25.9 Å². The minimum absolute atomic E-state index is 0.182. The molecule has 3 N–H and O–H groups in total. The third-order valence-corrected chi connectivity index (χ3v) is 4.32. The van der Waals surface area contributed by atoms with E-state index in [-0.39, 0.29) is 5.91 Å². The fourth-order valence-electron chi connectivity index (χ4n) is 2.08. The maximum atomic E-state index is 12.4. The van der Waals surface area contributed by atoms with Crippen LogP contribution < -0.4 is 16.0 Å². The van der Waals surface area contributed by atoms with Gasteiger partial charge >= 0.3 is 0 Å². The Labute approximate surface area is 144 Å². The van der Waals surface area contributed by atoms with Crippen molar-refractivity contribution >= 4 is 39.6 Å². The summed E-state index contributed by atoms with van der Waals surface area (Å²) in [5.41, 5.74) is 2.72. The van der Waals surface area contributed by atoms with Crippen LogP contribution in [0.5, 0.6) is 0 Å². The van der Waals surface area contributed by atoms with Gasteiger partial charge < -0.3 is 16.0 Å². The molecule has 0 radical (unpaired) electrons. The van der Waals surface area contributed by atoms with Gasteiger partial charge in [0, 0.05) is 24.6 Å². The van der Waals surface area contributed by atoms with Crippen molar-refractivity contribution in [3.63, 3.8) is 0 Å². The summed E-state index contributed by atoms with van der Waals surface area (Å²) in [6, 6.07) is 11.4. The third kappa shape index (κ3) is 3.69. The molecule has 0 aliphatic rings. The molecule has 0 saturated carbocycles. The number of aromatic nitrogens is 2. The number of carbonyl (C=O) groups excluding carboxylic acids is 1. The summed E-state index contributed by atoms with van der Waals surface area (Å²) in [5, 5.41) is 9.69. The number of anilines is 4. The first-order chi connectivity index (χ1) is 11.7. The summed E-state index contributed by atoms with van der Waals surface area (Å²) in [5.74, 6) is 0.509. The number of hydrogen-bond donors (Lipinski definition) is 3. The zero-order chi connectivity index (χ0) is 16.9. The first kappa shape index (κ1) is 15.9. The Morgan fingerprint density at radius 2 is 2.04 bits per heavy atom. The molecule has 0 aliphatic heterocycles. The van der Waals surface area contributed by atoms with E-state index in [0.717, 1.165) is 16.9 Å². The Morgan fingerprint density at radius 3 is 2.79 bits per heavy atom. The number of benzene rings is 1. The topological polar surface area (TPSA) is 78.9 Å². The lowest BCUT2D eigenvalue weighted by Gasteiger charge is -2.09. The first-order valence-electron chi connectivity index (χ1n) is 7.39. The number of pyridine rings is 1. The molecule has 0 unspecified atom stereocenters. The molecule has 2 aromatic heterocycles. The minimum atomic E-state index is -0.182. The summed E-state index contributed by atoms with van der Waals surface area (Å²) in [4.78, 5) is 21.4. The van der Waals surface area contributed by atoms with Crippen molar-refractivity contribution in [3.05, 3.63) is 59.2 Å². The van der Waals surface area contributed by atoms with E-state index in [9.17, 15) is 4.79 Å². The number of nitrogens with one attached hydrogen (secondary N) is 3. The summed E-state index contributed by atoms with van der Waals surface area (Å²) < 4.78 is 0. The van der Waals surface area contributed by atoms with E-state index < -0.39 is 0 Å². The molecule has 2 heterocycles. The Morgan fingerprint density at radius 1 is 1.17 bits per heavy atom. The summed E-state index contributed by atoms with van der Waals surface area (Å²) in [6.45, 7) is 1.95. The highest BCUT2D eigenvalue weighted by Crippen LogP contribution is 2.24. The molecule has 3 rings (SSSR count). The lowest BCUT2D eigenvalue weighted by Crippen LogP contribution is -2.11. The van der Waals surface area contributed by atoms with Gasteiger partial charge in [-0.05, 0) is 36.8 Å². The summed E-state index contributed by atoms with van der Waals surface area (Å²) in [6.07, 6.45) is 3.25. The predicted molar refractivity (Wildman–Crippen MR) is 98.3 cm³/mol. The van der Waals surface area contributed by atoms with Crippen molar-refractivity contribution in [2.45, 2.75) is 6.92 Å². The second kappa shape index (κ2) is 7.10. The van der Waals surface area contributed by atoms with Crippen LogP contribution in [0.15, 0.2) is 48.8 Å². The molecule has 0 atom stereocenters. The molecule has 0 bridgehead atoms. The van der Waals surface area contributed by atoms with Crippen LogP contribution >= 0.6 is 11.3 Å². The van der Waals surface area contributed by atoms with E-state index in [1.54, 1.807) is 12.4 Å². The van der Waals surface area contributed by atoms with E-state index in [1.165, 1.54) is 11.3 Å².